The van der Waals surface area contributed by atoms with Gasteiger partial charge in [-0.1, -0.05) is 23.5 Å². The predicted molar refractivity (Wildman–Crippen MR) is 88.5 cm³/mol. The van der Waals surface area contributed by atoms with E-state index in [1.54, 1.807) is 11.3 Å². The molecule has 1 aromatic carbocycles. The molecule has 1 spiro atoms. The van der Waals surface area contributed by atoms with Crippen molar-refractivity contribution in [3.05, 3.63) is 24.3 Å². The number of aromatic nitrogens is 1. The third kappa shape index (κ3) is 1.94. The van der Waals surface area contributed by atoms with Gasteiger partial charge in [-0.2, -0.15) is 0 Å². The second kappa shape index (κ2) is 4.67. The van der Waals surface area contributed by atoms with Gasteiger partial charge >= 0.3 is 0 Å². The zero-order valence-electron chi connectivity index (χ0n) is 12.3. The van der Waals surface area contributed by atoms with Crippen LogP contribution in [0.25, 0.3) is 10.2 Å². The molecule has 2 aromatic rings. The number of thiazole rings is 1. The number of benzene rings is 1. The summed E-state index contributed by atoms with van der Waals surface area (Å²) in [5.41, 5.74) is 0.932. The van der Waals surface area contributed by atoms with Gasteiger partial charge in [-0.05, 0) is 31.5 Å². The summed E-state index contributed by atoms with van der Waals surface area (Å²) in [5, 5.41) is 4.14. The first-order valence-corrected chi connectivity index (χ1v) is 8.71. The molecule has 2 bridgehead atoms. The lowest BCUT2D eigenvalue weighted by atomic mass is 9.87. The average molecular weight is 314 g/mol. The Hall–Kier alpha value is -1.66. The number of hydrogen-bond donors (Lipinski definition) is 1. The zero-order valence-corrected chi connectivity index (χ0v) is 13.1. The van der Waals surface area contributed by atoms with Crippen LogP contribution in [-0.4, -0.2) is 47.7 Å². The lowest BCUT2D eigenvalue weighted by Crippen LogP contribution is -2.41. The summed E-state index contributed by atoms with van der Waals surface area (Å²) < 4.78 is 7.47. The highest BCUT2D eigenvalue weighted by molar-refractivity contribution is 7.22. The molecule has 6 heteroatoms. The molecule has 5 rings (SSSR count). The van der Waals surface area contributed by atoms with E-state index < -0.39 is 0 Å². The molecule has 1 aromatic heterocycles. The summed E-state index contributed by atoms with van der Waals surface area (Å²) in [6.07, 6.45) is 2.55. The van der Waals surface area contributed by atoms with Crippen LogP contribution >= 0.6 is 11.3 Å². The van der Waals surface area contributed by atoms with Crippen molar-refractivity contribution < 1.29 is 4.74 Å². The van der Waals surface area contributed by atoms with Crippen molar-refractivity contribution >= 4 is 32.7 Å². The van der Waals surface area contributed by atoms with Gasteiger partial charge in [0, 0.05) is 19.0 Å². The Kier molecular flexibility index (Phi) is 2.72. The van der Waals surface area contributed by atoms with Gasteiger partial charge in [0.1, 0.15) is 5.60 Å². The zero-order chi connectivity index (χ0) is 14.6. The molecule has 3 aliphatic rings. The maximum atomic E-state index is 6.29. The van der Waals surface area contributed by atoms with Crippen LogP contribution in [0.3, 0.4) is 0 Å². The molecule has 2 fully saturated rings. The Bertz CT molecular complexity index is 724. The monoisotopic (exact) mass is 314 g/mol. The van der Waals surface area contributed by atoms with E-state index >= 15 is 0 Å². The quantitative estimate of drug-likeness (QED) is 0.879. The molecule has 3 aliphatic heterocycles. The Balaban J connectivity index is 1.35. The maximum absolute atomic E-state index is 6.29. The van der Waals surface area contributed by atoms with Crippen LogP contribution < -0.4 is 5.32 Å². The van der Waals surface area contributed by atoms with Gasteiger partial charge in [0.05, 0.1) is 16.8 Å². The van der Waals surface area contributed by atoms with Crippen LogP contribution in [0.15, 0.2) is 29.3 Å². The Morgan fingerprint density at radius 3 is 3.23 bits per heavy atom. The third-order valence-electron chi connectivity index (χ3n) is 5.04. The summed E-state index contributed by atoms with van der Waals surface area (Å²) in [4.78, 5) is 11.7. The number of amidine groups is 1. The first-order chi connectivity index (χ1) is 10.8. The average Bonchev–Trinajstić information content (AvgIpc) is 3.17. The van der Waals surface area contributed by atoms with E-state index in [2.05, 4.69) is 26.3 Å². The molecule has 5 nitrogen and oxygen atoms in total. The van der Waals surface area contributed by atoms with Crippen molar-refractivity contribution in [1.82, 2.24) is 9.88 Å². The molecule has 22 heavy (non-hydrogen) atoms. The summed E-state index contributed by atoms with van der Waals surface area (Å²) in [6.45, 7) is 4.18. The molecule has 0 aliphatic carbocycles. The molecular formula is C16H18N4OS. The minimum absolute atomic E-state index is 0.0878. The molecule has 2 unspecified atom stereocenters. The van der Waals surface area contributed by atoms with Crippen LogP contribution in [0.1, 0.15) is 12.8 Å². The van der Waals surface area contributed by atoms with Gasteiger partial charge in [-0.25, -0.2) is 9.98 Å². The second-order valence-electron chi connectivity index (χ2n) is 6.47. The van der Waals surface area contributed by atoms with Crippen molar-refractivity contribution in [2.24, 2.45) is 10.9 Å². The van der Waals surface area contributed by atoms with Gasteiger partial charge in [-0.15, -0.1) is 0 Å². The SMILES string of the molecule is c1ccc2sc(NC3=NCC4(CN5CCC[C@@H]4C5)O3)nc2c1. The fourth-order valence-electron chi connectivity index (χ4n) is 3.98. The van der Waals surface area contributed by atoms with Crippen LogP contribution in [0.2, 0.25) is 0 Å². The number of aliphatic imine (C=N–C) groups is 1. The van der Waals surface area contributed by atoms with E-state index in [-0.39, 0.29) is 5.60 Å². The van der Waals surface area contributed by atoms with E-state index in [0.717, 1.165) is 23.7 Å². The number of nitrogens with zero attached hydrogens (tertiary/aromatic N) is 3. The molecule has 1 N–H and O–H groups in total. The molecule has 2 saturated heterocycles. The molecule has 3 atom stereocenters. The largest absolute Gasteiger partial charge is 0.455 e. The van der Waals surface area contributed by atoms with Gasteiger partial charge in [-0.3, -0.25) is 10.2 Å². The fraction of sp³-hybridized carbons (Fsp3) is 0.500. The molecular weight excluding hydrogens is 296 g/mol. The second-order valence-corrected chi connectivity index (χ2v) is 7.50. The van der Waals surface area contributed by atoms with Crippen LogP contribution in [0.4, 0.5) is 5.13 Å². The highest BCUT2D eigenvalue weighted by Gasteiger charge is 2.53. The molecule has 0 amide bonds. The maximum Gasteiger partial charge on any atom is 0.291 e. The molecule has 0 radical (unpaired) electrons. The summed E-state index contributed by atoms with van der Waals surface area (Å²) in [7, 11) is 0. The number of para-hydroxylation sites is 1. The number of piperidine rings is 1. The van der Waals surface area contributed by atoms with Crippen molar-refractivity contribution in [3.63, 3.8) is 0 Å². The topological polar surface area (TPSA) is 49.8 Å². The fourth-order valence-corrected chi connectivity index (χ4v) is 4.83. The Labute approximate surface area is 133 Å². The number of ether oxygens (including phenoxy) is 1. The van der Waals surface area contributed by atoms with Crippen LogP contribution in [0, 0.1) is 5.92 Å². The van der Waals surface area contributed by atoms with Gasteiger partial charge in [0.2, 0.25) is 0 Å². The van der Waals surface area contributed by atoms with Crippen molar-refractivity contribution in [2.75, 3.05) is 31.5 Å². The minimum atomic E-state index is -0.0878. The summed E-state index contributed by atoms with van der Waals surface area (Å²) in [5.74, 6) is 0.625. The van der Waals surface area contributed by atoms with Crippen molar-refractivity contribution in [3.8, 4) is 0 Å². The van der Waals surface area contributed by atoms with Gasteiger partial charge in [0.15, 0.2) is 5.13 Å². The van der Waals surface area contributed by atoms with E-state index in [4.69, 9.17) is 4.74 Å². The Morgan fingerprint density at radius 2 is 2.32 bits per heavy atom. The molecule has 4 heterocycles. The normalized spacial score (nSPS) is 33.2. The highest BCUT2D eigenvalue weighted by atomic mass is 32.1. The number of fused-ring (bicyclic) bond motifs is 4. The van der Waals surface area contributed by atoms with E-state index in [1.807, 2.05) is 18.2 Å². The summed E-state index contributed by atoms with van der Waals surface area (Å²) >= 11 is 1.64. The van der Waals surface area contributed by atoms with Gasteiger partial charge < -0.3 is 4.74 Å². The lowest BCUT2D eigenvalue weighted by molar-refractivity contribution is 0.0588. The smallest absolute Gasteiger partial charge is 0.291 e. The lowest BCUT2D eigenvalue weighted by Gasteiger charge is -2.28. The number of anilines is 1. The number of nitrogens with one attached hydrogen (secondary N) is 1. The molecule has 114 valence electrons. The van der Waals surface area contributed by atoms with E-state index in [1.165, 1.54) is 30.6 Å². The predicted octanol–water partition coefficient (Wildman–Crippen LogP) is 2.56. The minimum Gasteiger partial charge on any atom is -0.455 e. The molecule has 0 saturated carbocycles. The standard InChI is InChI=1S/C16H18N4OS/c1-2-6-13-12(5-1)18-15(22-13)19-14-17-9-16(21-14)10-20-7-3-4-11(16)8-20/h1-2,5-6,11H,3-4,7-10H2,(H,17,18,19)/t11-,16?/m1/s1. The van der Waals surface area contributed by atoms with Crippen molar-refractivity contribution in [2.45, 2.75) is 18.4 Å². The van der Waals surface area contributed by atoms with Crippen LogP contribution in [0.5, 0.6) is 0 Å². The third-order valence-corrected chi connectivity index (χ3v) is 5.99. The number of hydrogen-bond acceptors (Lipinski definition) is 6. The van der Waals surface area contributed by atoms with E-state index in [0.29, 0.717) is 11.9 Å². The van der Waals surface area contributed by atoms with E-state index in [9.17, 15) is 0 Å². The van der Waals surface area contributed by atoms with Gasteiger partial charge in [0.25, 0.3) is 6.02 Å². The van der Waals surface area contributed by atoms with Crippen molar-refractivity contribution in [1.29, 1.82) is 0 Å². The number of rotatable bonds is 1. The first-order valence-electron chi connectivity index (χ1n) is 7.89. The highest BCUT2D eigenvalue weighted by Crippen LogP contribution is 2.40. The Morgan fingerprint density at radius 1 is 1.36 bits per heavy atom. The first kappa shape index (κ1) is 12.8. The summed E-state index contributed by atoms with van der Waals surface area (Å²) in [6, 6.07) is 8.81. The van der Waals surface area contributed by atoms with Crippen LogP contribution in [-0.2, 0) is 4.74 Å².